The molecule has 0 saturated carbocycles. The van der Waals surface area contributed by atoms with Crippen molar-refractivity contribution in [1.82, 2.24) is 0 Å². The Morgan fingerprint density at radius 1 is 0.889 bits per heavy atom. The van der Waals surface area contributed by atoms with E-state index in [9.17, 15) is 4.79 Å². The van der Waals surface area contributed by atoms with Crippen LogP contribution in [-0.4, -0.2) is 13.0 Å². The molecule has 0 aliphatic heterocycles. The van der Waals surface area contributed by atoms with Gasteiger partial charge in [0, 0.05) is 17.2 Å². The molecule has 0 unspecified atom stereocenters. The van der Waals surface area contributed by atoms with Gasteiger partial charge in [0.15, 0.2) is 0 Å². The number of amides is 1. The summed E-state index contributed by atoms with van der Waals surface area (Å²) < 4.78 is 5.13. The van der Waals surface area contributed by atoms with Gasteiger partial charge in [0.05, 0.1) is 12.8 Å². The number of hydrogen-bond donors (Lipinski definition) is 1. The van der Waals surface area contributed by atoms with E-state index in [1.807, 2.05) is 78.9 Å². The number of carbonyl (C=O) groups is 1. The van der Waals surface area contributed by atoms with Crippen molar-refractivity contribution < 1.29 is 9.53 Å². The van der Waals surface area contributed by atoms with E-state index >= 15 is 0 Å². The van der Waals surface area contributed by atoms with Gasteiger partial charge in [-0.15, -0.1) is 0 Å². The molecule has 3 aromatic carbocycles. The Morgan fingerprint density at radius 2 is 1.59 bits per heavy atom. The molecular formula is C24H19NO2. The number of benzene rings is 3. The van der Waals surface area contributed by atoms with E-state index in [1.165, 1.54) is 6.08 Å². The first-order valence-electron chi connectivity index (χ1n) is 8.54. The molecule has 27 heavy (non-hydrogen) atoms. The number of methoxy groups -OCH3 is 1. The summed E-state index contributed by atoms with van der Waals surface area (Å²) in [5, 5.41) is 2.89. The van der Waals surface area contributed by atoms with Gasteiger partial charge < -0.3 is 10.1 Å². The number of hydrogen-bond acceptors (Lipinski definition) is 2. The fourth-order valence-electron chi connectivity index (χ4n) is 2.42. The lowest BCUT2D eigenvalue weighted by molar-refractivity contribution is -0.111. The van der Waals surface area contributed by atoms with Crippen LogP contribution in [0.2, 0.25) is 0 Å². The maximum Gasteiger partial charge on any atom is 0.248 e. The van der Waals surface area contributed by atoms with Crippen LogP contribution in [-0.2, 0) is 4.79 Å². The zero-order chi connectivity index (χ0) is 18.9. The average molecular weight is 353 g/mol. The number of para-hydroxylation sites is 1. The minimum atomic E-state index is -0.209. The summed E-state index contributed by atoms with van der Waals surface area (Å²) in [7, 11) is 1.62. The summed E-state index contributed by atoms with van der Waals surface area (Å²) in [5.74, 6) is 6.80. The van der Waals surface area contributed by atoms with E-state index in [0.29, 0.717) is 5.69 Å². The quantitative estimate of drug-likeness (QED) is 0.543. The number of nitrogens with one attached hydrogen (secondary N) is 1. The summed E-state index contributed by atoms with van der Waals surface area (Å²) in [6.45, 7) is 0. The van der Waals surface area contributed by atoms with E-state index in [1.54, 1.807) is 13.2 Å². The Labute approximate surface area is 159 Å². The summed E-state index contributed by atoms with van der Waals surface area (Å²) in [6.07, 6.45) is 3.26. The molecule has 3 aromatic rings. The fraction of sp³-hybridized carbons (Fsp3) is 0.0417. The van der Waals surface area contributed by atoms with Crippen molar-refractivity contribution in [1.29, 1.82) is 0 Å². The van der Waals surface area contributed by atoms with Crippen LogP contribution in [0.4, 0.5) is 5.69 Å². The van der Waals surface area contributed by atoms with Crippen molar-refractivity contribution >= 4 is 17.7 Å². The molecule has 0 spiro atoms. The third-order valence-electron chi connectivity index (χ3n) is 3.84. The van der Waals surface area contributed by atoms with Crippen molar-refractivity contribution in [3.63, 3.8) is 0 Å². The summed E-state index contributed by atoms with van der Waals surface area (Å²) in [5.41, 5.74) is 3.30. The highest BCUT2D eigenvalue weighted by Crippen LogP contribution is 2.15. The van der Waals surface area contributed by atoms with Gasteiger partial charge in [-0.1, -0.05) is 54.3 Å². The van der Waals surface area contributed by atoms with E-state index in [4.69, 9.17) is 4.74 Å². The van der Waals surface area contributed by atoms with Crippen LogP contribution in [0.25, 0.3) is 6.08 Å². The predicted octanol–water partition coefficient (Wildman–Crippen LogP) is 4.75. The third kappa shape index (κ3) is 5.35. The van der Waals surface area contributed by atoms with Crippen molar-refractivity contribution in [3.8, 4) is 17.6 Å². The van der Waals surface area contributed by atoms with Gasteiger partial charge in [-0.3, -0.25) is 4.79 Å². The largest absolute Gasteiger partial charge is 0.497 e. The number of ether oxygens (including phenoxy) is 1. The molecule has 132 valence electrons. The summed E-state index contributed by atoms with van der Waals surface area (Å²) in [6, 6.07) is 24.7. The maximum atomic E-state index is 12.3. The highest BCUT2D eigenvalue weighted by atomic mass is 16.5. The molecule has 0 aliphatic carbocycles. The minimum absolute atomic E-state index is 0.209. The second-order valence-electron chi connectivity index (χ2n) is 5.76. The highest BCUT2D eigenvalue weighted by Gasteiger charge is 2.02. The van der Waals surface area contributed by atoms with Crippen LogP contribution in [0.3, 0.4) is 0 Å². The SMILES string of the molecule is COc1ccc(C=CC(=O)Nc2ccccc2C#Cc2ccccc2)cc1. The lowest BCUT2D eigenvalue weighted by atomic mass is 10.1. The predicted molar refractivity (Wildman–Crippen MR) is 110 cm³/mol. The first-order chi connectivity index (χ1) is 13.2. The third-order valence-corrected chi connectivity index (χ3v) is 3.84. The maximum absolute atomic E-state index is 12.3. The van der Waals surface area contributed by atoms with Gasteiger partial charge in [-0.05, 0) is 48.0 Å². The molecule has 0 fully saturated rings. The second kappa shape index (κ2) is 9.07. The molecule has 3 rings (SSSR count). The average Bonchev–Trinajstić information content (AvgIpc) is 2.73. The molecule has 0 aliphatic rings. The van der Waals surface area contributed by atoms with Crippen molar-refractivity contribution in [3.05, 3.63) is 102 Å². The summed E-state index contributed by atoms with van der Waals surface area (Å²) >= 11 is 0. The molecule has 0 saturated heterocycles. The van der Waals surface area contributed by atoms with Crippen LogP contribution < -0.4 is 10.1 Å². The number of anilines is 1. The van der Waals surface area contributed by atoms with Crippen LogP contribution in [0, 0.1) is 11.8 Å². The Kier molecular flexibility index (Phi) is 6.06. The lowest BCUT2D eigenvalue weighted by Crippen LogP contribution is -2.08. The number of rotatable bonds is 4. The molecule has 0 aromatic heterocycles. The van der Waals surface area contributed by atoms with Crippen molar-refractivity contribution in [2.24, 2.45) is 0 Å². The van der Waals surface area contributed by atoms with Gasteiger partial charge in [0.25, 0.3) is 0 Å². The standard InChI is InChI=1S/C24H19NO2/c1-27-22-16-12-20(13-17-22)14-18-24(26)25-23-10-6-5-9-21(23)15-11-19-7-3-2-4-8-19/h2-10,12-14,16-18H,1H3,(H,25,26). The van der Waals surface area contributed by atoms with E-state index in [2.05, 4.69) is 17.2 Å². The van der Waals surface area contributed by atoms with Crippen LogP contribution in [0.5, 0.6) is 5.75 Å². The van der Waals surface area contributed by atoms with Crippen LogP contribution >= 0.6 is 0 Å². The molecule has 0 radical (unpaired) electrons. The molecule has 1 amide bonds. The molecule has 3 nitrogen and oxygen atoms in total. The van der Waals surface area contributed by atoms with Crippen LogP contribution in [0.15, 0.2) is 84.9 Å². The van der Waals surface area contributed by atoms with Gasteiger partial charge in [-0.2, -0.15) is 0 Å². The fourth-order valence-corrected chi connectivity index (χ4v) is 2.42. The van der Waals surface area contributed by atoms with Gasteiger partial charge in [0.2, 0.25) is 5.91 Å². The second-order valence-corrected chi connectivity index (χ2v) is 5.76. The zero-order valence-electron chi connectivity index (χ0n) is 15.0. The molecule has 1 N–H and O–H groups in total. The van der Waals surface area contributed by atoms with E-state index in [-0.39, 0.29) is 5.91 Å². The Balaban J connectivity index is 1.71. The highest BCUT2D eigenvalue weighted by molar-refractivity contribution is 6.02. The Hall–Kier alpha value is -3.77. The molecule has 3 heteroatoms. The molecular weight excluding hydrogens is 334 g/mol. The minimum Gasteiger partial charge on any atom is -0.497 e. The Morgan fingerprint density at radius 3 is 2.33 bits per heavy atom. The lowest BCUT2D eigenvalue weighted by Gasteiger charge is -2.05. The molecule has 0 bridgehead atoms. The van der Waals surface area contributed by atoms with E-state index < -0.39 is 0 Å². The number of carbonyl (C=O) groups excluding carboxylic acids is 1. The molecule has 0 heterocycles. The first kappa shape index (κ1) is 18.0. The molecule has 0 atom stereocenters. The first-order valence-corrected chi connectivity index (χ1v) is 8.54. The van der Waals surface area contributed by atoms with E-state index in [0.717, 1.165) is 22.4 Å². The summed E-state index contributed by atoms with van der Waals surface area (Å²) in [4.78, 5) is 12.3. The van der Waals surface area contributed by atoms with Gasteiger partial charge >= 0.3 is 0 Å². The smallest absolute Gasteiger partial charge is 0.248 e. The van der Waals surface area contributed by atoms with Gasteiger partial charge in [-0.25, -0.2) is 0 Å². The van der Waals surface area contributed by atoms with Crippen molar-refractivity contribution in [2.75, 3.05) is 12.4 Å². The van der Waals surface area contributed by atoms with Crippen molar-refractivity contribution in [2.45, 2.75) is 0 Å². The monoisotopic (exact) mass is 353 g/mol. The van der Waals surface area contributed by atoms with Crippen LogP contribution in [0.1, 0.15) is 16.7 Å². The Bertz CT molecular complexity index is 994. The normalized spacial score (nSPS) is 10.1. The topological polar surface area (TPSA) is 38.3 Å². The van der Waals surface area contributed by atoms with Gasteiger partial charge in [0.1, 0.15) is 5.75 Å². The zero-order valence-corrected chi connectivity index (χ0v) is 15.0.